The van der Waals surface area contributed by atoms with E-state index >= 15 is 0 Å². The Morgan fingerprint density at radius 2 is 2.12 bits per heavy atom. The van der Waals surface area contributed by atoms with Crippen LogP contribution in [-0.2, 0) is 6.54 Å². The summed E-state index contributed by atoms with van der Waals surface area (Å²) >= 11 is 3.54. The van der Waals surface area contributed by atoms with Crippen LogP contribution in [0.15, 0.2) is 26.9 Å². The van der Waals surface area contributed by atoms with E-state index in [-0.39, 0.29) is 12.0 Å². The lowest BCUT2D eigenvalue weighted by atomic mass is 9.97. The van der Waals surface area contributed by atoms with Crippen LogP contribution in [0.1, 0.15) is 45.6 Å². The molecular weight excluding hydrogens is 382 g/mol. The number of nitrogens with zero attached hydrogens (tertiary/aromatic N) is 4. The lowest BCUT2D eigenvalue weighted by Crippen LogP contribution is -2.28. The Labute approximate surface area is 156 Å². The molecule has 0 bridgehead atoms. The fraction of sp³-hybridized carbons (Fsp3) is 0.500. The second kappa shape index (κ2) is 6.88. The molecule has 2 aromatic heterocycles. The van der Waals surface area contributed by atoms with Gasteiger partial charge in [-0.05, 0) is 58.8 Å². The molecule has 134 valence electrons. The molecule has 7 heteroatoms. The number of rotatable bonds is 4. The zero-order chi connectivity index (χ0) is 18.3. The highest BCUT2D eigenvalue weighted by atomic mass is 79.9. The van der Waals surface area contributed by atoms with Crippen LogP contribution in [0, 0.1) is 0 Å². The standard InChI is InChI=1S/C18H24BrN5O/c1-5-9(2)13-8-24(17-14(13)16(19)22-18(20)23-17)7-12-6-21-11(4)15(25)10(12)3/h6,8-9,11,15,25H,5,7H2,1-4H3,(H2,20,22,23). The highest BCUT2D eigenvalue weighted by Gasteiger charge is 2.23. The predicted octanol–water partition coefficient (Wildman–Crippen LogP) is 3.44. The van der Waals surface area contributed by atoms with Gasteiger partial charge in [0.05, 0.1) is 24.1 Å². The van der Waals surface area contributed by atoms with E-state index in [2.05, 4.69) is 55.5 Å². The van der Waals surface area contributed by atoms with Crippen molar-refractivity contribution in [2.24, 2.45) is 4.99 Å². The molecule has 25 heavy (non-hydrogen) atoms. The van der Waals surface area contributed by atoms with Crippen molar-refractivity contribution >= 4 is 39.1 Å². The molecule has 0 aromatic carbocycles. The molecule has 1 aliphatic rings. The largest absolute Gasteiger partial charge is 0.387 e. The molecule has 0 radical (unpaired) electrons. The number of hydrogen-bond acceptors (Lipinski definition) is 5. The molecule has 0 fully saturated rings. The number of aromatic nitrogens is 3. The molecule has 2 aromatic rings. The minimum absolute atomic E-state index is 0.104. The number of hydrogen-bond donors (Lipinski definition) is 2. The first-order valence-corrected chi connectivity index (χ1v) is 9.35. The van der Waals surface area contributed by atoms with E-state index in [1.807, 2.05) is 20.1 Å². The number of allylic oxidation sites excluding steroid dienone is 1. The van der Waals surface area contributed by atoms with Gasteiger partial charge in [0.25, 0.3) is 0 Å². The maximum atomic E-state index is 10.3. The van der Waals surface area contributed by atoms with Gasteiger partial charge >= 0.3 is 0 Å². The van der Waals surface area contributed by atoms with Crippen molar-refractivity contribution in [2.75, 3.05) is 5.73 Å². The second-order valence-corrected chi connectivity index (χ2v) is 7.52. The number of aliphatic imine (C=N–C) groups is 1. The second-order valence-electron chi connectivity index (χ2n) is 6.76. The average molecular weight is 406 g/mol. The van der Waals surface area contributed by atoms with E-state index in [9.17, 15) is 5.11 Å². The fourth-order valence-electron chi connectivity index (χ4n) is 3.19. The Morgan fingerprint density at radius 1 is 1.40 bits per heavy atom. The zero-order valence-corrected chi connectivity index (χ0v) is 16.6. The molecule has 0 spiro atoms. The molecule has 0 saturated carbocycles. The highest BCUT2D eigenvalue weighted by Crippen LogP contribution is 2.34. The van der Waals surface area contributed by atoms with Crippen molar-refractivity contribution in [1.29, 1.82) is 0 Å². The molecule has 3 N–H and O–H groups in total. The number of aliphatic hydroxyl groups excluding tert-OH is 1. The number of fused-ring (bicyclic) bond motifs is 1. The Morgan fingerprint density at radius 3 is 2.80 bits per heavy atom. The average Bonchev–Trinajstić information content (AvgIpc) is 2.93. The number of halogens is 1. The Kier molecular flexibility index (Phi) is 4.97. The molecule has 0 aliphatic carbocycles. The van der Waals surface area contributed by atoms with Crippen molar-refractivity contribution in [3.63, 3.8) is 0 Å². The minimum atomic E-state index is -0.540. The molecule has 6 nitrogen and oxygen atoms in total. The molecule has 3 unspecified atom stereocenters. The smallest absolute Gasteiger partial charge is 0.223 e. The monoisotopic (exact) mass is 405 g/mol. The first-order chi connectivity index (χ1) is 11.8. The predicted molar refractivity (Wildman–Crippen MR) is 105 cm³/mol. The third kappa shape index (κ3) is 3.22. The van der Waals surface area contributed by atoms with Gasteiger partial charge in [-0.3, -0.25) is 4.99 Å². The summed E-state index contributed by atoms with van der Waals surface area (Å²) < 4.78 is 2.80. The third-order valence-electron chi connectivity index (χ3n) is 5.08. The Hall–Kier alpha value is -1.73. The number of nitrogen functional groups attached to an aromatic ring is 1. The SMILES string of the molecule is CCC(C)c1cn(CC2=C(C)C(O)C(C)N=C2)c2nc(N)nc(Br)c12. The van der Waals surface area contributed by atoms with E-state index in [1.165, 1.54) is 5.56 Å². The van der Waals surface area contributed by atoms with Crippen LogP contribution in [0.25, 0.3) is 11.0 Å². The van der Waals surface area contributed by atoms with E-state index in [0.717, 1.165) is 33.2 Å². The zero-order valence-electron chi connectivity index (χ0n) is 15.0. The van der Waals surface area contributed by atoms with E-state index in [1.54, 1.807) is 0 Å². The first-order valence-electron chi connectivity index (χ1n) is 8.56. The molecule has 1 aliphatic heterocycles. The van der Waals surface area contributed by atoms with Crippen LogP contribution in [0.2, 0.25) is 0 Å². The van der Waals surface area contributed by atoms with Crippen LogP contribution in [0.5, 0.6) is 0 Å². The van der Waals surface area contributed by atoms with Gasteiger partial charge in [0.1, 0.15) is 10.3 Å². The van der Waals surface area contributed by atoms with Crippen LogP contribution >= 0.6 is 15.9 Å². The molecular formula is C18H24BrN5O. The van der Waals surface area contributed by atoms with Gasteiger partial charge in [-0.2, -0.15) is 4.98 Å². The van der Waals surface area contributed by atoms with Gasteiger partial charge in [-0.25, -0.2) is 4.98 Å². The molecule has 3 heterocycles. The Balaban J connectivity index is 2.12. The molecule has 0 saturated heterocycles. The first kappa shape index (κ1) is 18.1. The molecule has 0 amide bonds. The molecule has 3 rings (SSSR count). The number of aliphatic hydroxyl groups is 1. The number of dihydropyridines is 1. The summed E-state index contributed by atoms with van der Waals surface area (Å²) in [7, 11) is 0. The Bertz CT molecular complexity index is 870. The van der Waals surface area contributed by atoms with E-state index < -0.39 is 6.10 Å². The normalized spacial score (nSPS) is 22.0. The highest BCUT2D eigenvalue weighted by molar-refractivity contribution is 9.10. The fourth-order valence-corrected chi connectivity index (χ4v) is 3.78. The summed E-state index contributed by atoms with van der Waals surface area (Å²) in [5.41, 5.74) is 9.83. The maximum absolute atomic E-state index is 10.3. The summed E-state index contributed by atoms with van der Waals surface area (Å²) in [6, 6.07) is -0.104. The lowest BCUT2D eigenvalue weighted by molar-refractivity contribution is 0.184. The topological polar surface area (TPSA) is 89.3 Å². The van der Waals surface area contributed by atoms with Gasteiger partial charge in [0, 0.05) is 12.4 Å². The maximum Gasteiger partial charge on any atom is 0.223 e. The van der Waals surface area contributed by atoms with Crippen molar-refractivity contribution in [3.8, 4) is 0 Å². The van der Waals surface area contributed by atoms with Crippen molar-refractivity contribution in [1.82, 2.24) is 14.5 Å². The van der Waals surface area contributed by atoms with Gasteiger partial charge in [-0.15, -0.1) is 0 Å². The minimum Gasteiger partial charge on any atom is -0.387 e. The van der Waals surface area contributed by atoms with Crippen molar-refractivity contribution < 1.29 is 5.11 Å². The van der Waals surface area contributed by atoms with E-state index in [4.69, 9.17) is 5.73 Å². The van der Waals surface area contributed by atoms with Gasteiger partial charge in [-0.1, -0.05) is 13.8 Å². The van der Waals surface area contributed by atoms with Crippen LogP contribution < -0.4 is 5.73 Å². The van der Waals surface area contributed by atoms with Gasteiger partial charge in [0.2, 0.25) is 5.95 Å². The number of nitrogens with two attached hydrogens (primary N) is 1. The summed E-state index contributed by atoms with van der Waals surface area (Å²) in [6.45, 7) is 8.83. The van der Waals surface area contributed by atoms with Crippen molar-refractivity contribution in [2.45, 2.75) is 58.7 Å². The molecule has 3 atom stereocenters. The summed E-state index contributed by atoms with van der Waals surface area (Å²) in [5, 5.41) is 11.3. The van der Waals surface area contributed by atoms with Gasteiger partial charge in [0.15, 0.2) is 0 Å². The van der Waals surface area contributed by atoms with Crippen LogP contribution in [0.3, 0.4) is 0 Å². The summed E-state index contributed by atoms with van der Waals surface area (Å²) in [6.07, 6.45) is 4.47. The van der Waals surface area contributed by atoms with Crippen molar-refractivity contribution in [3.05, 3.63) is 27.5 Å². The summed E-state index contributed by atoms with van der Waals surface area (Å²) in [5.74, 6) is 0.624. The van der Waals surface area contributed by atoms with E-state index in [0.29, 0.717) is 12.5 Å². The van der Waals surface area contributed by atoms with Crippen LogP contribution in [0.4, 0.5) is 5.95 Å². The lowest BCUT2D eigenvalue weighted by Gasteiger charge is -2.23. The quantitative estimate of drug-likeness (QED) is 0.762. The number of anilines is 1. The summed E-state index contributed by atoms with van der Waals surface area (Å²) in [4.78, 5) is 13.1. The van der Waals surface area contributed by atoms with Crippen LogP contribution in [-0.4, -0.2) is 38.0 Å². The van der Waals surface area contributed by atoms with Gasteiger partial charge < -0.3 is 15.4 Å². The third-order valence-corrected chi connectivity index (χ3v) is 5.65.